The monoisotopic (exact) mass is 361 g/mol. The van der Waals surface area contributed by atoms with Crippen molar-refractivity contribution in [3.8, 4) is 17.6 Å². The van der Waals surface area contributed by atoms with E-state index in [0.29, 0.717) is 18.0 Å². The number of para-hydroxylation sites is 1. The lowest BCUT2D eigenvalue weighted by Crippen LogP contribution is -2.32. The lowest BCUT2D eigenvalue weighted by molar-refractivity contribution is 0.439. The van der Waals surface area contributed by atoms with Crippen LogP contribution in [0.15, 0.2) is 42.6 Å². The lowest BCUT2D eigenvalue weighted by Gasteiger charge is -2.30. The van der Waals surface area contributed by atoms with Crippen LogP contribution in [0, 0.1) is 24.1 Å². The average Bonchev–Trinajstić information content (AvgIpc) is 2.69. The number of benzene rings is 1. The van der Waals surface area contributed by atoms with Crippen molar-refractivity contribution in [1.29, 1.82) is 5.26 Å². The Kier molecular flexibility index (Phi) is 4.38. The van der Waals surface area contributed by atoms with Gasteiger partial charge in [-0.2, -0.15) is 5.26 Å². The molecule has 0 atom stereocenters. The number of pyridine rings is 1. The standard InChI is InChI=1S/C20H16FN5O/c1-13-8-15(10-22)24-25-20(13)26-7-6-18-14(12-26)9-16(11-23-18)27-19-5-3-2-4-17(19)21/h2-5,8-9,11H,6-7,12H2,1H3. The highest BCUT2D eigenvalue weighted by Crippen LogP contribution is 2.29. The van der Waals surface area contributed by atoms with Crippen molar-refractivity contribution >= 4 is 5.82 Å². The number of anilines is 1. The van der Waals surface area contributed by atoms with Crippen molar-refractivity contribution in [1.82, 2.24) is 15.2 Å². The molecule has 0 amide bonds. The predicted molar refractivity (Wildman–Crippen MR) is 96.9 cm³/mol. The largest absolute Gasteiger partial charge is 0.453 e. The number of halogens is 1. The van der Waals surface area contributed by atoms with E-state index in [1.807, 2.05) is 19.1 Å². The van der Waals surface area contributed by atoms with Gasteiger partial charge in [-0.25, -0.2) is 4.39 Å². The van der Waals surface area contributed by atoms with Gasteiger partial charge in [0.05, 0.1) is 6.20 Å². The molecular weight excluding hydrogens is 345 g/mol. The van der Waals surface area contributed by atoms with Crippen LogP contribution in [-0.4, -0.2) is 21.7 Å². The molecular formula is C20H16FN5O. The molecule has 3 aromatic rings. The Labute approximate surface area is 155 Å². The number of hydrogen-bond acceptors (Lipinski definition) is 6. The van der Waals surface area contributed by atoms with E-state index in [9.17, 15) is 4.39 Å². The molecule has 4 rings (SSSR count). The van der Waals surface area contributed by atoms with Gasteiger partial charge in [0.2, 0.25) is 0 Å². The zero-order valence-electron chi connectivity index (χ0n) is 14.7. The molecule has 0 aliphatic carbocycles. The van der Waals surface area contributed by atoms with Gasteiger partial charge in [-0.3, -0.25) is 4.98 Å². The van der Waals surface area contributed by atoms with Crippen LogP contribution in [0.1, 0.15) is 22.5 Å². The molecule has 0 fully saturated rings. The highest BCUT2D eigenvalue weighted by Gasteiger charge is 2.21. The molecule has 7 heteroatoms. The number of nitrogens with zero attached hydrogens (tertiary/aromatic N) is 5. The second kappa shape index (κ2) is 7.00. The van der Waals surface area contributed by atoms with Gasteiger partial charge in [-0.15, -0.1) is 10.2 Å². The highest BCUT2D eigenvalue weighted by molar-refractivity contribution is 5.50. The summed E-state index contributed by atoms with van der Waals surface area (Å²) in [5, 5.41) is 17.1. The molecule has 0 spiro atoms. The highest BCUT2D eigenvalue weighted by atomic mass is 19.1. The zero-order chi connectivity index (χ0) is 18.8. The van der Waals surface area contributed by atoms with E-state index in [1.165, 1.54) is 6.07 Å². The molecule has 0 saturated heterocycles. The van der Waals surface area contributed by atoms with Crippen LogP contribution in [0.25, 0.3) is 0 Å². The lowest BCUT2D eigenvalue weighted by atomic mass is 10.0. The zero-order valence-corrected chi connectivity index (χ0v) is 14.7. The molecule has 0 saturated carbocycles. The Balaban J connectivity index is 1.59. The smallest absolute Gasteiger partial charge is 0.165 e. The molecule has 1 aromatic carbocycles. The van der Waals surface area contributed by atoms with Crippen molar-refractivity contribution in [3.63, 3.8) is 0 Å². The first-order valence-electron chi connectivity index (χ1n) is 8.53. The molecule has 1 aliphatic rings. The second-order valence-electron chi connectivity index (χ2n) is 6.33. The first kappa shape index (κ1) is 16.9. The Hall–Kier alpha value is -3.53. The summed E-state index contributed by atoms with van der Waals surface area (Å²) in [6.07, 6.45) is 2.38. The molecule has 1 aliphatic heterocycles. The maximum Gasteiger partial charge on any atom is 0.165 e. The molecule has 134 valence electrons. The molecule has 0 unspecified atom stereocenters. The molecule has 0 N–H and O–H groups in total. The van der Waals surface area contributed by atoms with Crippen LogP contribution in [0.3, 0.4) is 0 Å². The van der Waals surface area contributed by atoms with Gasteiger partial charge in [0.25, 0.3) is 0 Å². The minimum absolute atomic E-state index is 0.167. The van der Waals surface area contributed by atoms with Crippen LogP contribution >= 0.6 is 0 Å². The minimum Gasteiger partial charge on any atom is -0.453 e. The van der Waals surface area contributed by atoms with E-state index in [2.05, 4.69) is 20.1 Å². The molecule has 2 aromatic heterocycles. The third kappa shape index (κ3) is 3.42. The summed E-state index contributed by atoms with van der Waals surface area (Å²) in [7, 11) is 0. The summed E-state index contributed by atoms with van der Waals surface area (Å²) < 4.78 is 19.5. The summed E-state index contributed by atoms with van der Waals surface area (Å²) in [5.41, 5.74) is 3.19. The van der Waals surface area contributed by atoms with E-state index in [1.54, 1.807) is 30.5 Å². The fourth-order valence-electron chi connectivity index (χ4n) is 3.14. The number of rotatable bonds is 3. The summed E-state index contributed by atoms with van der Waals surface area (Å²) in [4.78, 5) is 6.57. The van der Waals surface area contributed by atoms with Crippen molar-refractivity contribution in [3.05, 3.63) is 70.9 Å². The fraction of sp³-hybridized carbons (Fsp3) is 0.200. The van der Waals surface area contributed by atoms with Crippen LogP contribution in [0.4, 0.5) is 10.2 Å². The van der Waals surface area contributed by atoms with E-state index < -0.39 is 5.82 Å². The summed E-state index contributed by atoms with van der Waals surface area (Å²) in [6, 6.07) is 11.9. The van der Waals surface area contributed by atoms with Crippen LogP contribution in [0.5, 0.6) is 11.5 Å². The van der Waals surface area contributed by atoms with Gasteiger partial charge in [0.1, 0.15) is 11.8 Å². The van der Waals surface area contributed by atoms with Gasteiger partial charge in [0.15, 0.2) is 23.1 Å². The van der Waals surface area contributed by atoms with Crippen LogP contribution in [-0.2, 0) is 13.0 Å². The van der Waals surface area contributed by atoms with E-state index in [0.717, 1.165) is 35.6 Å². The number of ether oxygens (including phenoxy) is 1. The van der Waals surface area contributed by atoms with Crippen LogP contribution in [0.2, 0.25) is 0 Å². The van der Waals surface area contributed by atoms with Gasteiger partial charge in [-0.1, -0.05) is 12.1 Å². The summed E-state index contributed by atoms with van der Waals surface area (Å²) in [6.45, 7) is 3.27. The average molecular weight is 361 g/mol. The summed E-state index contributed by atoms with van der Waals surface area (Å²) in [5.74, 6) is 0.990. The predicted octanol–water partition coefficient (Wildman–Crippen LogP) is 3.55. The van der Waals surface area contributed by atoms with Crippen LogP contribution < -0.4 is 9.64 Å². The van der Waals surface area contributed by atoms with E-state index in [-0.39, 0.29) is 5.75 Å². The Bertz CT molecular complexity index is 1050. The number of hydrogen-bond donors (Lipinski definition) is 0. The Morgan fingerprint density at radius 3 is 2.85 bits per heavy atom. The maximum atomic E-state index is 13.8. The molecule has 0 radical (unpaired) electrons. The SMILES string of the molecule is Cc1cc(C#N)nnc1N1CCc2ncc(Oc3ccccc3F)cc2C1. The number of fused-ring (bicyclic) bond motifs is 1. The fourth-order valence-corrected chi connectivity index (χ4v) is 3.14. The maximum absolute atomic E-state index is 13.8. The molecule has 3 heterocycles. The third-order valence-electron chi connectivity index (χ3n) is 4.45. The first-order chi connectivity index (χ1) is 13.1. The number of nitriles is 1. The molecule has 27 heavy (non-hydrogen) atoms. The van der Waals surface area contributed by atoms with Gasteiger partial charge in [0, 0.05) is 25.2 Å². The minimum atomic E-state index is -0.416. The van der Waals surface area contributed by atoms with E-state index in [4.69, 9.17) is 10.00 Å². The van der Waals surface area contributed by atoms with Gasteiger partial charge < -0.3 is 9.64 Å². The van der Waals surface area contributed by atoms with Crippen molar-refractivity contribution in [2.75, 3.05) is 11.4 Å². The molecule has 6 nitrogen and oxygen atoms in total. The van der Waals surface area contributed by atoms with Gasteiger partial charge in [-0.05, 0) is 42.3 Å². The van der Waals surface area contributed by atoms with Crippen molar-refractivity contribution < 1.29 is 9.13 Å². The Morgan fingerprint density at radius 1 is 1.22 bits per heavy atom. The van der Waals surface area contributed by atoms with Crippen molar-refractivity contribution in [2.24, 2.45) is 0 Å². The Morgan fingerprint density at radius 2 is 2.07 bits per heavy atom. The second-order valence-corrected chi connectivity index (χ2v) is 6.33. The first-order valence-corrected chi connectivity index (χ1v) is 8.53. The number of aryl methyl sites for hydroxylation is 1. The van der Waals surface area contributed by atoms with Crippen molar-refractivity contribution in [2.45, 2.75) is 19.9 Å². The topological polar surface area (TPSA) is 74.9 Å². The quantitative estimate of drug-likeness (QED) is 0.710. The van der Waals surface area contributed by atoms with E-state index >= 15 is 0 Å². The van der Waals surface area contributed by atoms with Gasteiger partial charge >= 0.3 is 0 Å². The normalized spacial score (nSPS) is 13.0. The third-order valence-corrected chi connectivity index (χ3v) is 4.45. The number of aromatic nitrogens is 3. The summed E-state index contributed by atoms with van der Waals surface area (Å²) >= 11 is 0. The molecule has 0 bridgehead atoms.